The van der Waals surface area contributed by atoms with E-state index in [0.717, 1.165) is 28.7 Å². The Balaban J connectivity index is 2.39. The van der Waals surface area contributed by atoms with E-state index in [4.69, 9.17) is 9.42 Å². The molecule has 0 bridgehead atoms. The summed E-state index contributed by atoms with van der Waals surface area (Å²) in [7, 11) is 0.832. The SMILES string of the molecule is CC(=Nc1ccc(C)cc1O[SiH](C)C)c1cn(C)c(C)n1. The van der Waals surface area contributed by atoms with Gasteiger partial charge in [0.05, 0.1) is 5.71 Å². The number of hydrogen-bond donors (Lipinski definition) is 0. The molecule has 0 saturated carbocycles. The van der Waals surface area contributed by atoms with E-state index in [1.807, 2.05) is 37.7 Å². The molecule has 1 heterocycles. The van der Waals surface area contributed by atoms with Gasteiger partial charge in [0, 0.05) is 13.2 Å². The van der Waals surface area contributed by atoms with Crippen LogP contribution in [0.3, 0.4) is 0 Å². The molecule has 0 N–H and O–H groups in total. The molecule has 2 rings (SSSR count). The quantitative estimate of drug-likeness (QED) is 0.640. The zero-order valence-electron chi connectivity index (χ0n) is 13.6. The number of nitrogens with zero attached hydrogens (tertiary/aromatic N) is 3. The van der Waals surface area contributed by atoms with Crippen LogP contribution in [0.25, 0.3) is 0 Å². The van der Waals surface area contributed by atoms with Crippen LogP contribution in [0.5, 0.6) is 5.75 Å². The average molecular weight is 301 g/mol. The van der Waals surface area contributed by atoms with Crippen LogP contribution >= 0.6 is 0 Å². The molecule has 0 aliphatic heterocycles. The topological polar surface area (TPSA) is 39.4 Å². The highest BCUT2D eigenvalue weighted by Gasteiger charge is 2.09. The Morgan fingerprint density at radius 1 is 1.29 bits per heavy atom. The van der Waals surface area contributed by atoms with E-state index in [-0.39, 0.29) is 0 Å². The van der Waals surface area contributed by atoms with Crippen LogP contribution in [0, 0.1) is 13.8 Å². The number of aliphatic imine (C=N–C) groups is 1. The van der Waals surface area contributed by atoms with E-state index in [9.17, 15) is 0 Å². The van der Waals surface area contributed by atoms with Crippen LogP contribution in [0.2, 0.25) is 13.1 Å². The summed E-state index contributed by atoms with van der Waals surface area (Å²) in [5, 5.41) is 0. The predicted molar refractivity (Wildman–Crippen MR) is 90.5 cm³/mol. The van der Waals surface area contributed by atoms with Gasteiger partial charge in [-0.15, -0.1) is 0 Å². The minimum atomic E-state index is -1.16. The van der Waals surface area contributed by atoms with Gasteiger partial charge in [-0.25, -0.2) is 9.98 Å². The number of hydrogen-bond acceptors (Lipinski definition) is 3. The van der Waals surface area contributed by atoms with E-state index in [1.165, 1.54) is 5.56 Å². The fourth-order valence-electron chi connectivity index (χ4n) is 2.03. The molecule has 21 heavy (non-hydrogen) atoms. The summed E-state index contributed by atoms with van der Waals surface area (Å²) in [5.41, 5.74) is 3.87. The second-order valence-corrected chi connectivity index (χ2v) is 7.95. The Hall–Kier alpha value is -1.88. The van der Waals surface area contributed by atoms with Crippen LogP contribution in [0.15, 0.2) is 29.4 Å². The Kier molecular flexibility index (Phi) is 4.62. The van der Waals surface area contributed by atoms with Crippen LogP contribution in [-0.2, 0) is 7.05 Å². The largest absolute Gasteiger partial charge is 0.546 e. The van der Waals surface area contributed by atoms with E-state index < -0.39 is 9.04 Å². The van der Waals surface area contributed by atoms with Gasteiger partial charge in [0.2, 0.25) is 9.04 Å². The van der Waals surface area contributed by atoms with Gasteiger partial charge in [-0.2, -0.15) is 0 Å². The minimum Gasteiger partial charge on any atom is -0.546 e. The normalized spacial score (nSPS) is 12.0. The first-order valence-corrected chi connectivity index (χ1v) is 9.98. The molecule has 0 aliphatic rings. The Morgan fingerprint density at radius 3 is 2.57 bits per heavy atom. The van der Waals surface area contributed by atoms with Crippen LogP contribution in [0.4, 0.5) is 5.69 Å². The van der Waals surface area contributed by atoms with E-state index in [2.05, 4.69) is 37.1 Å². The van der Waals surface area contributed by atoms with Crippen molar-refractivity contribution < 1.29 is 4.43 Å². The third kappa shape index (κ3) is 3.82. The van der Waals surface area contributed by atoms with Gasteiger partial charge >= 0.3 is 0 Å². The lowest BCUT2D eigenvalue weighted by molar-refractivity contribution is 0.581. The highest BCUT2D eigenvalue weighted by atomic mass is 28.3. The number of aromatic nitrogens is 2. The van der Waals surface area contributed by atoms with Crippen LogP contribution < -0.4 is 4.43 Å². The lowest BCUT2D eigenvalue weighted by atomic mass is 10.2. The molecule has 0 unspecified atom stereocenters. The monoisotopic (exact) mass is 301 g/mol. The smallest absolute Gasteiger partial charge is 0.229 e. The first-order chi connectivity index (χ1) is 9.86. The summed E-state index contributed by atoms with van der Waals surface area (Å²) in [6, 6.07) is 6.13. The summed E-state index contributed by atoms with van der Waals surface area (Å²) in [6.45, 7) is 10.4. The summed E-state index contributed by atoms with van der Waals surface area (Å²) in [5.74, 6) is 1.86. The molecule has 5 heteroatoms. The standard InChI is InChI=1S/C16H23N3OSi/c1-11-7-8-14(16(9-11)20-21(5)6)17-12(2)15-10-19(4)13(3)18-15/h7-10,21H,1-6H3. The molecular formula is C16H23N3OSi. The van der Waals surface area contributed by atoms with Crippen molar-refractivity contribution in [2.24, 2.45) is 12.0 Å². The maximum atomic E-state index is 6.00. The van der Waals surface area contributed by atoms with Crippen molar-refractivity contribution in [3.63, 3.8) is 0 Å². The molecule has 0 aliphatic carbocycles. The molecule has 0 fully saturated rings. The highest BCUT2D eigenvalue weighted by molar-refractivity contribution is 6.49. The zero-order valence-corrected chi connectivity index (χ0v) is 14.8. The molecule has 0 amide bonds. The Morgan fingerprint density at radius 2 is 2.00 bits per heavy atom. The highest BCUT2D eigenvalue weighted by Crippen LogP contribution is 2.29. The molecule has 0 atom stereocenters. The summed E-state index contributed by atoms with van der Waals surface area (Å²) in [6.07, 6.45) is 2.00. The van der Waals surface area contributed by atoms with E-state index >= 15 is 0 Å². The first kappa shape index (κ1) is 15.5. The fraction of sp³-hybridized carbons (Fsp3) is 0.375. The number of aryl methyl sites for hydroxylation is 3. The zero-order chi connectivity index (χ0) is 15.6. The maximum absolute atomic E-state index is 6.00. The molecule has 0 saturated heterocycles. The number of benzene rings is 1. The van der Waals surface area contributed by atoms with Crippen molar-refractivity contribution in [1.29, 1.82) is 0 Å². The molecule has 2 aromatic rings. The molecule has 0 spiro atoms. The Labute approximate surface area is 128 Å². The molecule has 4 nitrogen and oxygen atoms in total. The predicted octanol–water partition coefficient (Wildman–Crippen LogP) is 3.54. The third-order valence-electron chi connectivity index (χ3n) is 3.25. The summed E-state index contributed by atoms with van der Waals surface area (Å²) < 4.78 is 8.00. The molecule has 112 valence electrons. The summed E-state index contributed by atoms with van der Waals surface area (Å²) in [4.78, 5) is 9.23. The Bertz CT molecular complexity index is 655. The van der Waals surface area contributed by atoms with Crippen molar-refractivity contribution in [1.82, 2.24) is 9.55 Å². The van der Waals surface area contributed by atoms with Crippen LogP contribution in [-0.4, -0.2) is 24.3 Å². The lowest BCUT2D eigenvalue weighted by Gasteiger charge is -2.13. The van der Waals surface area contributed by atoms with Crippen molar-refractivity contribution >= 4 is 20.4 Å². The van der Waals surface area contributed by atoms with Crippen molar-refractivity contribution in [3.05, 3.63) is 41.5 Å². The second kappa shape index (κ2) is 6.26. The second-order valence-electron chi connectivity index (χ2n) is 5.62. The maximum Gasteiger partial charge on any atom is 0.229 e. The van der Waals surface area contributed by atoms with Gasteiger partial charge < -0.3 is 8.99 Å². The average Bonchev–Trinajstić information content (AvgIpc) is 2.72. The molecule has 0 radical (unpaired) electrons. The molecule has 1 aromatic carbocycles. The van der Waals surface area contributed by atoms with Gasteiger partial charge in [0.15, 0.2) is 0 Å². The third-order valence-corrected chi connectivity index (χ3v) is 3.97. The molecular weight excluding hydrogens is 278 g/mol. The van der Waals surface area contributed by atoms with E-state index in [0.29, 0.717) is 0 Å². The van der Waals surface area contributed by atoms with Gasteiger partial charge in [-0.1, -0.05) is 6.07 Å². The number of imidazole rings is 1. The summed E-state index contributed by atoms with van der Waals surface area (Å²) >= 11 is 0. The fourth-order valence-corrected chi connectivity index (χ4v) is 2.73. The van der Waals surface area contributed by atoms with E-state index in [1.54, 1.807) is 0 Å². The van der Waals surface area contributed by atoms with Gasteiger partial charge in [-0.3, -0.25) is 0 Å². The van der Waals surface area contributed by atoms with Gasteiger partial charge in [0.25, 0.3) is 0 Å². The molecule has 1 aromatic heterocycles. The van der Waals surface area contributed by atoms with Crippen molar-refractivity contribution in [3.8, 4) is 5.75 Å². The number of rotatable bonds is 4. The van der Waals surface area contributed by atoms with Gasteiger partial charge in [0.1, 0.15) is 23.0 Å². The van der Waals surface area contributed by atoms with Crippen molar-refractivity contribution in [2.75, 3.05) is 0 Å². The van der Waals surface area contributed by atoms with Crippen molar-refractivity contribution in [2.45, 2.75) is 33.9 Å². The lowest BCUT2D eigenvalue weighted by Crippen LogP contribution is -2.11. The van der Waals surface area contributed by atoms with Crippen LogP contribution in [0.1, 0.15) is 24.0 Å². The van der Waals surface area contributed by atoms with Gasteiger partial charge in [-0.05, 0) is 51.6 Å². The first-order valence-electron chi connectivity index (χ1n) is 7.19. The minimum absolute atomic E-state index is 0.877.